The molecule has 0 amide bonds. The summed E-state index contributed by atoms with van der Waals surface area (Å²) in [6.45, 7) is 1.37. The van der Waals surface area contributed by atoms with E-state index in [4.69, 9.17) is 0 Å². The lowest BCUT2D eigenvalue weighted by Crippen LogP contribution is -2.46. The van der Waals surface area contributed by atoms with E-state index in [-0.39, 0.29) is 11.3 Å². The minimum absolute atomic E-state index is 0.0503. The highest BCUT2D eigenvalue weighted by Gasteiger charge is 2.60. The average Bonchev–Trinajstić information content (AvgIpc) is 3.30. The van der Waals surface area contributed by atoms with E-state index in [1.807, 2.05) is 0 Å². The number of thiophene rings is 1. The normalized spacial score (nSPS) is 17.1. The van der Waals surface area contributed by atoms with Gasteiger partial charge in [-0.25, -0.2) is 9.78 Å². The van der Waals surface area contributed by atoms with Gasteiger partial charge in [0.05, 0.1) is 16.6 Å². The standard InChI is InChI=1S/C19H13F6N3O2S/c1-9-13(15(29)30-16(18(20,21)22)19(23,24)25)14(12-7-4-8-31-12)28-11-6-3-2-5-10(11)27-17(28)26-9/h2-8,14,16H,1H3,(H,26,27). The maximum Gasteiger partial charge on any atom is 0.434 e. The molecule has 0 aliphatic carbocycles. The molecule has 1 atom stereocenters. The number of fused-ring (bicyclic) bond motifs is 3. The van der Waals surface area contributed by atoms with Gasteiger partial charge in [-0.3, -0.25) is 4.57 Å². The molecule has 0 fully saturated rings. The molecule has 164 valence electrons. The van der Waals surface area contributed by atoms with Crippen LogP contribution in [-0.4, -0.2) is 34.0 Å². The van der Waals surface area contributed by atoms with Gasteiger partial charge in [0, 0.05) is 10.6 Å². The second-order valence-electron chi connectivity index (χ2n) is 6.74. The van der Waals surface area contributed by atoms with Gasteiger partial charge in [0.2, 0.25) is 5.95 Å². The first-order valence-electron chi connectivity index (χ1n) is 8.81. The van der Waals surface area contributed by atoms with Crippen LogP contribution in [-0.2, 0) is 9.53 Å². The number of rotatable bonds is 3. The Morgan fingerprint density at radius 1 is 1.13 bits per heavy atom. The van der Waals surface area contributed by atoms with E-state index in [9.17, 15) is 31.1 Å². The fourth-order valence-electron chi connectivity index (χ4n) is 3.43. The molecule has 5 nitrogen and oxygen atoms in total. The summed E-state index contributed by atoms with van der Waals surface area (Å²) < 4.78 is 83.4. The van der Waals surface area contributed by atoms with Gasteiger partial charge in [-0.2, -0.15) is 26.3 Å². The number of aromatic nitrogens is 2. The second kappa shape index (κ2) is 7.29. The number of halogens is 6. The van der Waals surface area contributed by atoms with Crippen molar-refractivity contribution in [3.05, 3.63) is 57.9 Å². The molecule has 12 heteroatoms. The van der Waals surface area contributed by atoms with Crippen LogP contribution in [0.15, 0.2) is 53.0 Å². The van der Waals surface area contributed by atoms with Crippen LogP contribution in [0.25, 0.3) is 11.0 Å². The summed E-state index contributed by atoms with van der Waals surface area (Å²) in [5.74, 6) is -1.41. The van der Waals surface area contributed by atoms with Crippen LogP contribution >= 0.6 is 11.3 Å². The van der Waals surface area contributed by atoms with E-state index in [0.717, 1.165) is 0 Å². The van der Waals surface area contributed by atoms with Crippen molar-refractivity contribution in [1.82, 2.24) is 9.55 Å². The first-order valence-corrected chi connectivity index (χ1v) is 9.69. The lowest BCUT2D eigenvalue weighted by molar-refractivity contribution is -0.312. The molecule has 1 unspecified atom stereocenters. The van der Waals surface area contributed by atoms with Crippen LogP contribution in [0.5, 0.6) is 0 Å². The molecule has 31 heavy (non-hydrogen) atoms. The van der Waals surface area contributed by atoms with Gasteiger partial charge in [-0.05, 0) is 30.5 Å². The highest BCUT2D eigenvalue weighted by molar-refractivity contribution is 7.10. The van der Waals surface area contributed by atoms with Crippen LogP contribution in [0.4, 0.5) is 32.3 Å². The molecule has 0 saturated heterocycles. The lowest BCUT2D eigenvalue weighted by Gasteiger charge is -2.31. The number of alkyl halides is 6. The first kappa shape index (κ1) is 21.2. The number of esters is 1. The zero-order chi connectivity index (χ0) is 22.6. The SMILES string of the molecule is CC1=C(C(=O)OC(C(F)(F)F)C(F)(F)F)C(c2cccs2)n2c(nc3ccccc32)N1. The predicted molar refractivity (Wildman–Crippen MR) is 101 cm³/mol. The maximum atomic E-state index is 13.0. The van der Waals surface area contributed by atoms with Crippen molar-refractivity contribution in [2.24, 2.45) is 0 Å². The zero-order valence-electron chi connectivity index (χ0n) is 15.6. The number of imidazole rings is 1. The minimum Gasteiger partial charge on any atom is -0.439 e. The van der Waals surface area contributed by atoms with Crippen molar-refractivity contribution in [3.63, 3.8) is 0 Å². The summed E-state index contributed by atoms with van der Waals surface area (Å²) in [7, 11) is 0. The predicted octanol–water partition coefficient (Wildman–Crippen LogP) is 5.42. The summed E-state index contributed by atoms with van der Waals surface area (Å²) in [4.78, 5) is 17.7. The number of hydrogen-bond donors (Lipinski definition) is 1. The number of nitrogens with one attached hydrogen (secondary N) is 1. The molecule has 1 aliphatic heterocycles. The fraction of sp³-hybridized carbons (Fsp3) is 0.263. The molecule has 1 aromatic carbocycles. The Bertz CT molecular complexity index is 1150. The number of anilines is 1. The summed E-state index contributed by atoms with van der Waals surface area (Å²) in [5, 5.41) is 4.48. The summed E-state index contributed by atoms with van der Waals surface area (Å²) in [5.41, 5.74) is 0.771. The van der Waals surface area contributed by atoms with Gasteiger partial charge in [0.25, 0.3) is 6.10 Å². The summed E-state index contributed by atoms with van der Waals surface area (Å²) >= 11 is 1.20. The zero-order valence-corrected chi connectivity index (χ0v) is 16.4. The number of hydrogen-bond acceptors (Lipinski definition) is 5. The van der Waals surface area contributed by atoms with E-state index >= 15 is 0 Å². The van der Waals surface area contributed by atoms with Gasteiger partial charge in [0.1, 0.15) is 6.04 Å². The van der Waals surface area contributed by atoms with Crippen molar-refractivity contribution in [3.8, 4) is 0 Å². The molecule has 3 aromatic rings. The van der Waals surface area contributed by atoms with Crippen LogP contribution in [0.1, 0.15) is 17.8 Å². The van der Waals surface area contributed by atoms with Crippen molar-refractivity contribution in [2.45, 2.75) is 31.4 Å². The Morgan fingerprint density at radius 2 is 1.81 bits per heavy atom. The van der Waals surface area contributed by atoms with Crippen molar-refractivity contribution in [1.29, 1.82) is 0 Å². The van der Waals surface area contributed by atoms with Gasteiger partial charge in [-0.1, -0.05) is 18.2 Å². The Balaban J connectivity index is 1.83. The monoisotopic (exact) mass is 461 g/mol. The Hall–Kier alpha value is -3.02. The van der Waals surface area contributed by atoms with Gasteiger partial charge >= 0.3 is 18.3 Å². The maximum absolute atomic E-state index is 13.0. The van der Waals surface area contributed by atoms with Crippen LogP contribution in [0.3, 0.4) is 0 Å². The number of benzene rings is 1. The number of para-hydroxylation sites is 2. The van der Waals surface area contributed by atoms with Crippen LogP contribution < -0.4 is 5.32 Å². The molecule has 0 spiro atoms. The molecule has 4 rings (SSSR count). The van der Waals surface area contributed by atoms with E-state index < -0.39 is 30.5 Å². The molecule has 0 bridgehead atoms. The molecule has 0 saturated carbocycles. The van der Waals surface area contributed by atoms with Gasteiger partial charge in [0.15, 0.2) is 0 Å². The Labute approximate surface area is 174 Å². The summed E-state index contributed by atoms with van der Waals surface area (Å²) in [6.07, 6.45) is -15.9. The third kappa shape index (κ3) is 3.75. The molecule has 1 N–H and O–H groups in total. The topological polar surface area (TPSA) is 56.2 Å². The van der Waals surface area contributed by atoms with E-state index in [1.165, 1.54) is 18.3 Å². The van der Waals surface area contributed by atoms with Gasteiger partial charge < -0.3 is 10.1 Å². The van der Waals surface area contributed by atoms with E-state index in [0.29, 0.717) is 21.9 Å². The smallest absolute Gasteiger partial charge is 0.434 e. The minimum atomic E-state index is -5.81. The van der Waals surface area contributed by atoms with Crippen molar-refractivity contribution >= 4 is 34.3 Å². The quantitative estimate of drug-likeness (QED) is 0.418. The molecular weight excluding hydrogens is 448 g/mol. The third-order valence-electron chi connectivity index (χ3n) is 4.68. The highest BCUT2D eigenvalue weighted by Crippen LogP contribution is 2.42. The number of carbonyl (C=O) groups excluding carboxylic acids is 1. The van der Waals surface area contributed by atoms with Crippen LogP contribution in [0, 0.1) is 0 Å². The first-order chi connectivity index (χ1) is 14.5. The molecule has 2 aromatic heterocycles. The molecule has 3 heterocycles. The number of carbonyl (C=O) groups is 1. The molecular formula is C19H13F6N3O2S. The number of allylic oxidation sites excluding steroid dienone is 1. The van der Waals surface area contributed by atoms with Gasteiger partial charge in [-0.15, -0.1) is 11.3 Å². The highest BCUT2D eigenvalue weighted by atomic mass is 32.1. The third-order valence-corrected chi connectivity index (χ3v) is 5.61. The Kier molecular flexibility index (Phi) is 4.99. The van der Waals surface area contributed by atoms with Crippen molar-refractivity contribution in [2.75, 3.05) is 5.32 Å². The van der Waals surface area contributed by atoms with E-state index in [1.54, 1.807) is 46.3 Å². The van der Waals surface area contributed by atoms with Crippen LogP contribution in [0.2, 0.25) is 0 Å². The molecule has 1 aliphatic rings. The largest absolute Gasteiger partial charge is 0.439 e. The number of ether oxygens (including phenoxy) is 1. The second-order valence-corrected chi connectivity index (χ2v) is 7.72. The Morgan fingerprint density at radius 3 is 2.42 bits per heavy atom. The number of nitrogens with zero attached hydrogens (tertiary/aromatic N) is 2. The average molecular weight is 461 g/mol. The van der Waals surface area contributed by atoms with Crippen molar-refractivity contribution < 1.29 is 35.9 Å². The van der Waals surface area contributed by atoms with E-state index in [2.05, 4.69) is 15.0 Å². The fourth-order valence-corrected chi connectivity index (χ4v) is 4.26. The summed E-state index contributed by atoms with van der Waals surface area (Å²) in [6, 6.07) is 9.09. The lowest BCUT2D eigenvalue weighted by atomic mass is 10.0. The molecule has 0 radical (unpaired) electrons.